The summed E-state index contributed by atoms with van der Waals surface area (Å²) in [5.41, 5.74) is 5.99. The first-order valence-corrected chi connectivity index (χ1v) is 7.19. The molecule has 4 nitrogen and oxygen atoms in total. The summed E-state index contributed by atoms with van der Waals surface area (Å²) in [6, 6.07) is 3.96. The molecular formula is C13H12F3N3OS. The molecule has 1 fully saturated rings. The van der Waals surface area contributed by atoms with Gasteiger partial charge in [-0.3, -0.25) is 4.79 Å². The number of nitrogens with one attached hydrogen (secondary N) is 1. The third kappa shape index (κ3) is 2.94. The van der Waals surface area contributed by atoms with Crippen molar-refractivity contribution in [3.05, 3.63) is 23.8 Å². The summed E-state index contributed by atoms with van der Waals surface area (Å²) in [6.45, 7) is 0. The topological polar surface area (TPSA) is 68.0 Å². The van der Waals surface area contributed by atoms with Crippen LogP contribution in [0.3, 0.4) is 0 Å². The van der Waals surface area contributed by atoms with E-state index >= 15 is 0 Å². The van der Waals surface area contributed by atoms with Gasteiger partial charge < -0.3 is 11.1 Å². The summed E-state index contributed by atoms with van der Waals surface area (Å²) < 4.78 is 40.2. The van der Waals surface area contributed by atoms with E-state index in [2.05, 4.69) is 10.3 Å². The Bertz CT molecular complexity index is 694. The maximum absolute atomic E-state index is 13.2. The number of nitrogens with zero attached hydrogens (tertiary/aromatic N) is 1. The van der Waals surface area contributed by atoms with Crippen molar-refractivity contribution in [2.75, 3.05) is 5.73 Å². The van der Waals surface area contributed by atoms with Gasteiger partial charge in [0.2, 0.25) is 5.91 Å². The van der Waals surface area contributed by atoms with Gasteiger partial charge in [-0.05, 0) is 30.5 Å². The summed E-state index contributed by atoms with van der Waals surface area (Å²) in [5.74, 6) is -3.16. The van der Waals surface area contributed by atoms with Gasteiger partial charge >= 0.3 is 6.18 Å². The second kappa shape index (κ2) is 4.87. The van der Waals surface area contributed by atoms with Crippen LogP contribution in [0.25, 0.3) is 10.2 Å². The lowest BCUT2D eigenvalue weighted by Crippen LogP contribution is -2.38. The molecule has 2 aromatic rings. The van der Waals surface area contributed by atoms with Crippen molar-refractivity contribution in [1.29, 1.82) is 0 Å². The zero-order valence-corrected chi connectivity index (χ0v) is 11.6. The van der Waals surface area contributed by atoms with Crippen molar-refractivity contribution in [2.45, 2.75) is 31.0 Å². The molecule has 1 unspecified atom stereocenters. The van der Waals surface area contributed by atoms with E-state index in [9.17, 15) is 18.0 Å². The van der Waals surface area contributed by atoms with E-state index in [1.807, 2.05) is 0 Å². The molecule has 8 heteroatoms. The third-order valence-electron chi connectivity index (χ3n) is 3.28. The number of benzene rings is 1. The van der Waals surface area contributed by atoms with Crippen molar-refractivity contribution in [3.8, 4) is 0 Å². The van der Waals surface area contributed by atoms with Crippen LogP contribution in [0.4, 0.5) is 18.3 Å². The zero-order chi connectivity index (χ0) is 15.2. The van der Waals surface area contributed by atoms with Gasteiger partial charge in [0.25, 0.3) is 0 Å². The number of anilines is 1. The number of alkyl halides is 3. The number of halogens is 3. The molecule has 1 aliphatic carbocycles. The number of aromatic nitrogens is 1. The lowest BCUT2D eigenvalue weighted by atomic mass is 9.97. The molecule has 1 amide bonds. The van der Waals surface area contributed by atoms with Crippen molar-refractivity contribution < 1.29 is 18.0 Å². The average molecular weight is 315 g/mol. The molecule has 1 saturated carbocycles. The van der Waals surface area contributed by atoms with Gasteiger partial charge in [0.1, 0.15) is 0 Å². The summed E-state index contributed by atoms with van der Waals surface area (Å²) >= 11 is 1.10. The predicted octanol–water partition coefficient (Wildman–Crippen LogP) is 2.80. The maximum Gasteiger partial charge on any atom is 0.404 e. The fourth-order valence-corrected chi connectivity index (χ4v) is 2.92. The number of nitrogens with two attached hydrogens (primary N) is 1. The van der Waals surface area contributed by atoms with Crippen LogP contribution >= 0.6 is 11.3 Å². The SMILES string of the molecule is Nc1nc2ccc(C(C(=O)NC3CC3)C(F)(F)F)cc2s1. The van der Waals surface area contributed by atoms with Crippen LogP contribution in [0.15, 0.2) is 18.2 Å². The molecule has 0 radical (unpaired) electrons. The minimum absolute atomic E-state index is 0.0863. The summed E-state index contributed by atoms with van der Waals surface area (Å²) in [6.07, 6.45) is -3.16. The number of fused-ring (bicyclic) bond motifs is 1. The van der Waals surface area contributed by atoms with Gasteiger partial charge in [-0.2, -0.15) is 13.2 Å². The first-order chi connectivity index (χ1) is 9.84. The number of rotatable bonds is 3. The Morgan fingerprint density at radius 1 is 1.43 bits per heavy atom. The lowest BCUT2D eigenvalue weighted by Gasteiger charge is -2.20. The highest BCUT2D eigenvalue weighted by atomic mass is 32.1. The number of hydrogen-bond donors (Lipinski definition) is 2. The van der Waals surface area contributed by atoms with Crippen LogP contribution in [0.1, 0.15) is 24.3 Å². The molecule has 0 saturated heterocycles. The van der Waals surface area contributed by atoms with E-state index in [0.717, 1.165) is 24.2 Å². The molecule has 1 atom stereocenters. The molecular weight excluding hydrogens is 303 g/mol. The van der Waals surface area contributed by atoms with Crippen LogP contribution in [0, 0.1) is 0 Å². The van der Waals surface area contributed by atoms with E-state index in [1.165, 1.54) is 18.2 Å². The third-order valence-corrected chi connectivity index (χ3v) is 4.12. The van der Waals surface area contributed by atoms with Gasteiger partial charge in [0, 0.05) is 6.04 Å². The molecule has 1 aliphatic rings. The van der Waals surface area contributed by atoms with Gasteiger partial charge in [0.05, 0.1) is 10.2 Å². The quantitative estimate of drug-likeness (QED) is 0.915. The fourth-order valence-electron chi connectivity index (χ4n) is 2.14. The molecule has 112 valence electrons. The monoisotopic (exact) mass is 315 g/mol. The Hall–Kier alpha value is -1.83. The zero-order valence-electron chi connectivity index (χ0n) is 10.8. The normalized spacial score (nSPS) is 16.9. The van der Waals surface area contributed by atoms with E-state index in [0.29, 0.717) is 10.2 Å². The van der Waals surface area contributed by atoms with Crippen molar-refractivity contribution in [3.63, 3.8) is 0 Å². The number of amides is 1. The van der Waals surface area contributed by atoms with Crippen LogP contribution < -0.4 is 11.1 Å². The number of thiazole rings is 1. The Labute approximate surface area is 122 Å². The molecule has 0 spiro atoms. The lowest BCUT2D eigenvalue weighted by molar-refractivity contribution is -0.165. The second-order valence-electron chi connectivity index (χ2n) is 5.04. The van der Waals surface area contributed by atoms with Crippen LogP contribution in [0.5, 0.6) is 0 Å². The maximum atomic E-state index is 13.2. The molecule has 0 bridgehead atoms. The number of carbonyl (C=O) groups is 1. The highest BCUT2D eigenvalue weighted by molar-refractivity contribution is 7.22. The van der Waals surface area contributed by atoms with Crippen LogP contribution in [0.2, 0.25) is 0 Å². The highest BCUT2D eigenvalue weighted by Crippen LogP contribution is 2.38. The van der Waals surface area contributed by atoms with Gasteiger partial charge in [-0.1, -0.05) is 17.4 Å². The smallest absolute Gasteiger partial charge is 0.375 e. The first kappa shape index (κ1) is 14.1. The van der Waals surface area contributed by atoms with Gasteiger partial charge in [-0.15, -0.1) is 0 Å². The Balaban J connectivity index is 1.98. The largest absolute Gasteiger partial charge is 0.404 e. The molecule has 21 heavy (non-hydrogen) atoms. The minimum Gasteiger partial charge on any atom is -0.375 e. The van der Waals surface area contributed by atoms with E-state index in [4.69, 9.17) is 5.73 Å². The highest BCUT2D eigenvalue weighted by Gasteiger charge is 2.47. The van der Waals surface area contributed by atoms with Gasteiger partial charge in [-0.25, -0.2) is 4.98 Å². The molecule has 1 aromatic carbocycles. The average Bonchev–Trinajstić information content (AvgIpc) is 3.06. The molecule has 1 aromatic heterocycles. The molecule has 0 aliphatic heterocycles. The molecule has 1 heterocycles. The van der Waals surface area contributed by atoms with Crippen molar-refractivity contribution in [2.24, 2.45) is 0 Å². The van der Waals surface area contributed by atoms with E-state index < -0.39 is 18.0 Å². The Kier molecular flexibility index (Phi) is 3.27. The van der Waals surface area contributed by atoms with Crippen LogP contribution in [-0.4, -0.2) is 23.1 Å². The standard InChI is InChI=1S/C13H12F3N3OS/c14-13(15,16)10(11(20)18-7-2-3-7)6-1-4-8-9(5-6)21-12(17)19-8/h1,4-5,7,10H,2-3H2,(H2,17,19)(H,18,20). The van der Waals surface area contributed by atoms with Crippen LogP contribution in [-0.2, 0) is 4.79 Å². The van der Waals surface area contributed by atoms with E-state index in [1.54, 1.807) is 0 Å². The summed E-state index contributed by atoms with van der Waals surface area (Å²) in [5, 5.41) is 2.70. The molecule has 3 N–H and O–H groups in total. The Morgan fingerprint density at radius 2 is 2.14 bits per heavy atom. The first-order valence-electron chi connectivity index (χ1n) is 6.37. The summed E-state index contributed by atoms with van der Waals surface area (Å²) in [7, 11) is 0. The van der Waals surface area contributed by atoms with E-state index in [-0.39, 0.29) is 16.7 Å². The number of carbonyl (C=O) groups excluding carboxylic acids is 1. The predicted molar refractivity (Wildman–Crippen MR) is 74.0 cm³/mol. The molecule has 3 rings (SSSR count). The summed E-state index contributed by atoms with van der Waals surface area (Å²) in [4.78, 5) is 15.9. The van der Waals surface area contributed by atoms with Crippen molar-refractivity contribution in [1.82, 2.24) is 10.3 Å². The van der Waals surface area contributed by atoms with Gasteiger partial charge in [0.15, 0.2) is 11.0 Å². The number of nitrogen functional groups attached to an aromatic ring is 1. The fraction of sp³-hybridized carbons (Fsp3) is 0.385. The van der Waals surface area contributed by atoms with Crippen molar-refractivity contribution >= 4 is 32.6 Å². The minimum atomic E-state index is -4.64. The number of hydrogen-bond acceptors (Lipinski definition) is 4. The Morgan fingerprint density at radius 3 is 2.76 bits per heavy atom. The second-order valence-corrected chi connectivity index (χ2v) is 6.10.